The zero-order valence-corrected chi connectivity index (χ0v) is 21.0. The second-order valence-corrected chi connectivity index (χ2v) is 13.3. The smallest absolute Gasteiger partial charge is 0.219 e. The van der Waals surface area contributed by atoms with Gasteiger partial charge in [-0.2, -0.15) is 0 Å². The zero-order valence-electron chi connectivity index (χ0n) is 20.2. The van der Waals surface area contributed by atoms with E-state index < -0.39 is 0 Å². The molecule has 0 unspecified atom stereocenters. The first-order chi connectivity index (χ1) is 12.4. The quantitative estimate of drug-likeness (QED) is 0.440. The van der Waals surface area contributed by atoms with E-state index >= 15 is 0 Å². The molecule has 2 aromatic heterocycles. The predicted molar refractivity (Wildman–Crippen MR) is 127 cm³/mol. The molecule has 0 bridgehead atoms. The van der Waals surface area contributed by atoms with E-state index in [0.717, 1.165) is 11.4 Å². The molecule has 0 aliphatic heterocycles. The van der Waals surface area contributed by atoms with Gasteiger partial charge in [-0.15, -0.1) is 0 Å². The molecular formula is C26H40NS+. The minimum atomic E-state index is 0.0210. The minimum absolute atomic E-state index is 0.0210. The summed E-state index contributed by atoms with van der Waals surface area (Å²) in [5.41, 5.74) is 5.23. The average Bonchev–Trinajstić information content (AvgIpc) is 2.50. The molecule has 2 heteroatoms. The van der Waals surface area contributed by atoms with Crippen LogP contribution in [0.4, 0.5) is 0 Å². The van der Waals surface area contributed by atoms with Crippen LogP contribution in [0.3, 0.4) is 0 Å². The third-order valence-electron chi connectivity index (χ3n) is 4.97. The number of pyridine rings is 1. The summed E-state index contributed by atoms with van der Waals surface area (Å²) in [5.74, 6) is 0. The summed E-state index contributed by atoms with van der Waals surface area (Å²) < 4.78 is 0. The molecule has 0 atom stereocenters. The maximum absolute atomic E-state index is 5.05. The van der Waals surface area contributed by atoms with Crippen molar-refractivity contribution in [3.05, 3.63) is 45.4 Å². The van der Waals surface area contributed by atoms with Crippen LogP contribution in [0.2, 0.25) is 0 Å². The van der Waals surface area contributed by atoms with Crippen LogP contribution in [0.15, 0.2) is 24.3 Å². The van der Waals surface area contributed by atoms with Crippen LogP contribution in [0.5, 0.6) is 0 Å². The molecule has 0 saturated heterocycles. The number of aromatic nitrogens is 1. The standard InChI is InChI=1S/C26H40NS/c1-23(2,3)19-13-17(14-20(27-19)24(4,5)6)18-15-21(25(7,8)9)28-22(16-18)26(10,11)12/h13-16H,1-12H3/q+1. The lowest BCUT2D eigenvalue weighted by atomic mass is 9.84. The normalized spacial score (nSPS) is 13.7. The van der Waals surface area contributed by atoms with E-state index in [1.165, 1.54) is 20.9 Å². The Labute approximate surface area is 177 Å². The summed E-state index contributed by atoms with van der Waals surface area (Å²) >= 11 is 1.95. The molecule has 2 rings (SSSR count). The molecule has 2 aromatic rings. The molecule has 2 heterocycles. The van der Waals surface area contributed by atoms with Crippen molar-refractivity contribution in [1.29, 1.82) is 0 Å². The van der Waals surface area contributed by atoms with Crippen molar-refractivity contribution in [2.24, 2.45) is 0 Å². The summed E-state index contributed by atoms with van der Waals surface area (Å²) in [6.45, 7) is 27.3. The topological polar surface area (TPSA) is 12.9 Å². The van der Waals surface area contributed by atoms with E-state index in [1.807, 2.05) is 11.3 Å². The van der Waals surface area contributed by atoms with E-state index in [-0.39, 0.29) is 21.7 Å². The molecule has 0 radical (unpaired) electrons. The lowest BCUT2D eigenvalue weighted by Crippen LogP contribution is -2.20. The van der Waals surface area contributed by atoms with E-state index in [2.05, 4.69) is 107 Å². The molecule has 1 nitrogen and oxygen atoms in total. The van der Waals surface area contributed by atoms with Crippen LogP contribution in [-0.2, 0) is 21.7 Å². The fourth-order valence-electron chi connectivity index (χ4n) is 2.87. The van der Waals surface area contributed by atoms with Gasteiger partial charge in [0.25, 0.3) is 0 Å². The van der Waals surface area contributed by atoms with Crippen molar-refractivity contribution in [3.63, 3.8) is 0 Å². The summed E-state index contributed by atoms with van der Waals surface area (Å²) in [5, 5.41) is 0. The highest BCUT2D eigenvalue weighted by Gasteiger charge is 2.32. The van der Waals surface area contributed by atoms with Gasteiger partial charge in [0.2, 0.25) is 21.1 Å². The van der Waals surface area contributed by atoms with Crippen molar-refractivity contribution in [3.8, 4) is 11.1 Å². The molecular weight excluding hydrogens is 358 g/mol. The molecule has 0 fully saturated rings. The molecule has 28 heavy (non-hydrogen) atoms. The molecule has 0 aliphatic carbocycles. The van der Waals surface area contributed by atoms with Gasteiger partial charge in [0.15, 0.2) is 0 Å². The molecule has 0 spiro atoms. The number of rotatable bonds is 1. The van der Waals surface area contributed by atoms with Gasteiger partial charge in [0.1, 0.15) is 0 Å². The van der Waals surface area contributed by atoms with Crippen LogP contribution >= 0.6 is 11.3 Å². The van der Waals surface area contributed by atoms with Gasteiger partial charge in [-0.1, -0.05) is 83.1 Å². The maximum Gasteiger partial charge on any atom is 0.219 e. The second kappa shape index (κ2) is 7.20. The van der Waals surface area contributed by atoms with E-state index in [4.69, 9.17) is 4.98 Å². The predicted octanol–water partition coefficient (Wildman–Crippen LogP) is 8.28. The summed E-state index contributed by atoms with van der Waals surface area (Å²) in [7, 11) is 0. The van der Waals surface area contributed by atoms with Crippen LogP contribution in [0, 0.1) is 0 Å². The van der Waals surface area contributed by atoms with Gasteiger partial charge in [-0.05, 0) is 23.3 Å². The Kier molecular flexibility index (Phi) is 5.92. The van der Waals surface area contributed by atoms with Gasteiger partial charge < -0.3 is 0 Å². The van der Waals surface area contributed by atoms with Gasteiger partial charge in [-0.3, -0.25) is 4.98 Å². The Morgan fingerprint density at radius 2 is 0.821 bits per heavy atom. The Morgan fingerprint density at radius 1 is 0.500 bits per heavy atom. The molecule has 154 valence electrons. The van der Waals surface area contributed by atoms with Gasteiger partial charge in [-0.25, -0.2) is 0 Å². The zero-order chi connectivity index (χ0) is 21.7. The van der Waals surface area contributed by atoms with Crippen molar-refractivity contribution in [1.82, 2.24) is 4.98 Å². The van der Waals surface area contributed by atoms with Crippen molar-refractivity contribution in [2.45, 2.75) is 105 Å². The minimum Gasteiger partial charge on any atom is -0.257 e. The first-order valence-corrected chi connectivity index (χ1v) is 11.2. The lowest BCUT2D eigenvalue weighted by molar-refractivity contribution is 0.531. The highest BCUT2D eigenvalue weighted by atomic mass is 32.1. The van der Waals surface area contributed by atoms with E-state index in [9.17, 15) is 0 Å². The summed E-state index contributed by atoms with van der Waals surface area (Å²) in [6, 6.07) is 9.39. The monoisotopic (exact) mass is 398 g/mol. The fraction of sp³-hybridized carbons (Fsp3) is 0.615. The van der Waals surface area contributed by atoms with Crippen molar-refractivity contribution < 1.29 is 0 Å². The molecule has 0 aliphatic rings. The summed E-state index contributed by atoms with van der Waals surface area (Å²) in [4.78, 5) is 7.91. The molecule has 0 aromatic carbocycles. The maximum atomic E-state index is 5.05. The third kappa shape index (κ3) is 5.41. The Bertz CT molecular complexity index is 712. The molecule has 0 N–H and O–H groups in total. The number of hydrogen-bond acceptors (Lipinski definition) is 1. The number of nitrogens with zero attached hydrogens (tertiary/aromatic N) is 1. The number of hydrogen-bond donors (Lipinski definition) is 0. The highest BCUT2D eigenvalue weighted by molar-refractivity contribution is 7.12. The fourth-order valence-corrected chi connectivity index (χ4v) is 4.09. The van der Waals surface area contributed by atoms with Gasteiger partial charge in [0.05, 0.1) is 0 Å². The first kappa shape index (κ1) is 23.0. The van der Waals surface area contributed by atoms with Crippen LogP contribution in [-0.4, -0.2) is 4.98 Å². The average molecular weight is 399 g/mol. The third-order valence-corrected chi connectivity index (χ3v) is 6.87. The van der Waals surface area contributed by atoms with Gasteiger partial charge in [0, 0.05) is 45.2 Å². The van der Waals surface area contributed by atoms with Gasteiger partial charge >= 0.3 is 0 Å². The molecule has 0 saturated carbocycles. The van der Waals surface area contributed by atoms with Crippen LogP contribution < -0.4 is 0 Å². The Morgan fingerprint density at radius 3 is 1.11 bits per heavy atom. The van der Waals surface area contributed by atoms with Crippen molar-refractivity contribution >= 4 is 11.3 Å². The van der Waals surface area contributed by atoms with Crippen LogP contribution in [0.25, 0.3) is 11.1 Å². The lowest BCUT2D eigenvalue weighted by Gasteiger charge is -2.25. The second-order valence-electron chi connectivity index (χ2n) is 12.2. The van der Waals surface area contributed by atoms with E-state index in [0.29, 0.717) is 0 Å². The summed E-state index contributed by atoms with van der Waals surface area (Å²) in [6.07, 6.45) is 0. The van der Waals surface area contributed by atoms with Crippen LogP contribution in [0.1, 0.15) is 104 Å². The SMILES string of the molecule is CC(C)(C)c1cc(-c2cc(C(C)(C)C)[s+]c(C(C)(C)C)c2)cc(C(C)(C)C)n1. The Hall–Kier alpha value is -1.28. The van der Waals surface area contributed by atoms with Crippen molar-refractivity contribution in [2.75, 3.05) is 0 Å². The highest BCUT2D eigenvalue weighted by Crippen LogP contribution is 2.39. The first-order valence-electron chi connectivity index (χ1n) is 10.4. The largest absolute Gasteiger partial charge is 0.257 e. The molecule has 0 amide bonds. The van der Waals surface area contributed by atoms with E-state index in [1.54, 1.807) is 0 Å². The Balaban J connectivity index is 2.83.